The summed E-state index contributed by atoms with van der Waals surface area (Å²) in [6, 6.07) is 0. The Morgan fingerprint density at radius 2 is 1.38 bits per heavy atom. The number of anilines is 2. The van der Waals surface area contributed by atoms with E-state index in [4.69, 9.17) is 0 Å². The van der Waals surface area contributed by atoms with E-state index in [1.807, 2.05) is 0 Å². The van der Waals surface area contributed by atoms with Crippen LogP contribution in [0.25, 0.3) is 0 Å². The Labute approximate surface area is 69.6 Å². The zero-order valence-corrected chi connectivity index (χ0v) is 6.21. The first-order valence-corrected chi connectivity index (χ1v) is 3.30. The molecule has 0 radical (unpaired) electrons. The third-order valence-corrected chi connectivity index (χ3v) is 1.24. The molecule has 0 aliphatic heterocycles. The van der Waals surface area contributed by atoms with Crippen LogP contribution in [0.2, 0.25) is 0 Å². The monoisotopic (exact) mass is 183 g/mol. The van der Waals surface area contributed by atoms with Crippen molar-refractivity contribution < 1.29 is 0 Å². The zero-order valence-electron chi connectivity index (χ0n) is 6.21. The minimum absolute atomic E-state index is 0.174. The Morgan fingerprint density at radius 3 is 1.69 bits per heavy atom. The molecule has 0 fully saturated rings. The van der Waals surface area contributed by atoms with E-state index in [0.29, 0.717) is 0 Å². The largest absolute Gasteiger partial charge is 0.342 e. The van der Waals surface area contributed by atoms with E-state index < -0.39 is 11.4 Å². The van der Waals surface area contributed by atoms with Gasteiger partial charge in [0.05, 0.1) is 0 Å². The van der Waals surface area contributed by atoms with E-state index in [2.05, 4.69) is 35.7 Å². The Balaban J connectivity index is 2.23. The molecule has 9 heteroatoms. The number of hydrogen-bond donors (Lipinski definition) is 5. The van der Waals surface area contributed by atoms with Crippen molar-refractivity contribution >= 4 is 11.9 Å². The molecular formula is C4H5N7O2. The van der Waals surface area contributed by atoms with E-state index in [1.165, 1.54) is 0 Å². The maximum atomic E-state index is 10.6. The highest BCUT2D eigenvalue weighted by Crippen LogP contribution is 1.98. The van der Waals surface area contributed by atoms with E-state index in [1.54, 1.807) is 0 Å². The number of aromatic amines is 4. The minimum atomic E-state index is -0.444. The molecule has 2 aromatic heterocycles. The molecule has 2 aromatic rings. The van der Waals surface area contributed by atoms with Crippen molar-refractivity contribution in [3.8, 4) is 0 Å². The SMILES string of the molecule is O=c1[nH]nc(Nc2n[nH]c(=O)[nH]2)[nH]1. The average molecular weight is 183 g/mol. The summed E-state index contributed by atoms with van der Waals surface area (Å²) in [5.41, 5.74) is -0.888. The fourth-order valence-corrected chi connectivity index (χ4v) is 0.771. The van der Waals surface area contributed by atoms with Gasteiger partial charge in [-0.2, -0.15) is 0 Å². The topological polar surface area (TPSA) is 135 Å². The molecule has 0 unspecified atom stereocenters. The Bertz CT molecular complexity index is 454. The van der Waals surface area contributed by atoms with Crippen LogP contribution in [0.5, 0.6) is 0 Å². The molecule has 5 N–H and O–H groups in total. The fourth-order valence-electron chi connectivity index (χ4n) is 0.771. The number of hydrogen-bond acceptors (Lipinski definition) is 5. The Hall–Kier alpha value is -2.32. The predicted molar refractivity (Wildman–Crippen MR) is 41.7 cm³/mol. The molecule has 0 bridgehead atoms. The van der Waals surface area contributed by atoms with Crippen LogP contribution in [0.4, 0.5) is 11.9 Å². The second kappa shape index (κ2) is 2.62. The first-order chi connectivity index (χ1) is 6.24. The van der Waals surface area contributed by atoms with Crippen molar-refractivity contribution in [3.05, 3.63) is 21.0 Å². The van der Waals surface area contributed by atoms with E-state index in [0.717, 1.165) is 0 Å². The van der Waals surface area contributed by atoms with Crippen molar-refractivity contribution in [3.63, 3.8) is 0 Å². The molecule has 2 heterocycles. The van der Waals surface area contributed by atoms with E-state index >= 15 is 0 Å². The van der Waals surface area contributed by atoms with Gasteiger partial charge in [-0.15, -0.1) is 10.2 Å². The van der Waals surface area contributed by atoms with Crippen LogP contribution in [0.1, 0.15) is 0 Å². The summed E-state index contributed by atoms with van der Waals surface area (Å²) in [5, 5.41) is 13.9. The number of rotatable bonds is 2. The van der Waals surface area contributed by atoms with Gasteiger partial charge in [0.1, 0.15) is 0 Å². The van der Waals surface area contributed by atoms with Gasteiger partial charge in [-0.05, 0) is 0 Å². The molecule has 0 aromatic carbocycles. The highest BCUT2D eigenvalue weighted by atomic mass is 16.1. The van der Waals surface area contributed by atoms with Crippen LogP contribution in [0, 0.1) is 0 Å². The lowest BCUT2D eigenvalue weighted by Gasteiger charge is -1.92. The van der Waals surface area contributed by atoms with Gasteiger partial charge in [-0.25, -0.2) is 19.8 Å². The van der Waals surface area contributed by atoms with Gasteiger partial charge in [-0.3, -0.25) is 15.3 Å². The van der Waals surface area contributed by atoms with E-state index in [9.17, 15) is 9.59 Å². The molecule has 0 atom stereocenters. The molecule has 0 aliphatic carbocycles. The lowest BCUT2D eigenvalue weighted by molar-refractivity contribution is 1.04. The summed E-state index contributed by atoms with van der Waals surface area (Å²) in [6.07, 6.45) is 0. The number of H-pyrrole nitrogens is 4. The normalized spacial score (nSPS) is 10.2. The zero-order chi connectivity index (χ0) is 9.26. The van der Waals surface area contributed by atoms with Crippen LogP contribution < -0.4 is 16.7 Å². The maximum absolute atomic E-state index is 10.6. The van der Waals surface area contributed by atoms with Gasteiger partial charge in [0, 0.05) is 0 Å². The lowest BCUT2D eigenvalue weighted by Crippen LogP contribution is -2.03. The summed E-state index contributed by atoms with van der Waals surface area (Å²) in [4.78, 5) is 25.8. The van der Waals surface area contributed by atoms with Crippen molar-refractivity contribution in [2.24, 2.45) is 0 Å². The highest BCUT2D eigenvalue weighted by molar-refractivity contribution is 5.39. The van der Waals surface area contributed by atoms with Crippen LogP contribution in [0.15, 0.2) is 9.59 Å². The van der Waals surface area contributed by atoms with Crippen LogP contribution in [-0.2, 0) is 0 Å². The van der Waals surface area contributed by atoms with Gasteiger partial charge >= 0.3 is 11.4 Å². The second-order valence-corrected chi connectivity index (χ2v) is 2.18. The van der Waals surface area contributed by atoms with Gasteiger partial charge in [0.25, 0.3) is 0 Å². The molecule has 2 rings (SSSR count). The lowest BCUT2D eigenvalue weighted by atomic mass is 10.9. The molecule has 68 valence electrons. The predicted octanol–water partition coefficient (Wildman–Crippen LogP) is -1.75. The Kier molecular flexibility index (Phi) is 1.48. The quantitative estimate of drug-likeness (QED) is 0.376. The van der Waals surface area contributed by atoms with Crippen molar-refractivity contribution in [1.29, 1.82) is 0 Å². The van der Waals surface area contributed by atoms with Crippen molar-refractivity contribution in [2.75, 3.05) is 5.32 Å². The molecule has 0 saturated carbocycles. The molecule has 13 heavy (non-hydrogen) atoms. The fraction of sp³-hybridized carbons (Fsp3) is 0. The molecule has 0 saturated heterocycles. The molecular weight excluding hydrogens is 178 g/mol. The van der Waals surface area contributed by atoms with E-state index in [-0.39, 0.29) is 11.9 Å². The molecule has 0 aliphatic rings. The standard InChI is InChI=1S/C4H5N7O2/c12-3-6-1(8-10-3)5-2-7-4(13)11-9-2/h(H5,5,6,7,8,9,10,11,12,13). The first kappa shape index (κ1) is 7.34. The number of aromatic nitrogens is 6. The van der Waals surface area contributed by atoms with Crippen LogP contribution in [-0.4, -0.2) is 30.4 Å². The molecule has 0 amide bonds. The molecule has 0 spiro atoms. The summed E-state index contributed by atoms with van der Waals surface area (Å²) in [5.74, 6) is 0.348. The summed E-state index contributed by atoms with van der Waals surface area (Å²) < 4.78 is 0. The maximum Gasteiger partial charge on any atom is 0.342 e. The van der Waals surface area contributed by atoms with Crippen LogP contribution in [0.3, 0.4) is 0 Å². The van der Waals surface area contributed by atoms with Gasteiger partial charge in [-0.1, -0.05) is 0 Å². The van der Waals surface area contributed by atoms with Gasteiger partial charge in [0.15, 0.2) is 0 Å². The third kappa shape index (κ3) is 1.47. The van der Waals surface area contributed by atoms with Crippen molar-refractivity contribution in [1.82, 2.24) is 30.4 Å². The summed E-state index contributed by atoms with van der Waals surface area (Å²) in [7, 11) is 0. The first-order valence-electron chi connectivity index (χ1n) is 3.30. The average Bonchev–Trinajstić information content (AvgIpc) is 2.62. The third-order valence-electron chi connectivity index (χ3n) is 1.24. The smallest absolute Gasteiger partial charge is 0.293 e. The Morgan fingerprint density at radius 1 is 0.923 bits per heavy atom. The number of nitrogens with zero attached hydrogens (tertiary/aromatic N) is 2. The van der Waals surface area contributed by atoms with Gasteiger partial charge < -0.3 is 0 Å². The highest BCUT2D eigenvalue weighted by Gasteiger charge is 2.00. The van der Waals surface area contributed by atoms with Crippen LogP contribution >= 0.6 is 0 Å². The summed E-state index contributed by atoms with van der Waals surface area (Å²) >= 11 is 0. The van der Waals surface area contributed by atoms with Gasteiger partial charge in [0.2, 0.25) is 11.9 Å². The summed E-state index contributed by atoms with van der Waals surface area (Å²) in [6.45, 7) is 0. The molecule has 9 nitrogen and oxygen atoms in total. The second-order valence-electron chi connectivity index (χ2n) is 2.18. The minimum Gasteiger partial charge on any atom is -0.293 e. The van der Waals surface area contributed by atoms with Crippen molar-refractivity contribution in [2.45, 2.75) is 0 Å². The number of nitrogens with one attached hydrogen (secondary N) is 5.